The number of allylic oxidation sites excluding steroid dienone is 1. The second kappa shape index (κ2) is 5.64. The van der Waals surface area contributed by atoms with Gasteiger partial charge in [-0.1, -0.05) is 25.5 Å². The number of carbonyl (C=O) groups excluding carboxylic acids is 1. The summed E-state index contributed by atoms with van der Waals surface area (Å²) in [6.07, 6.45) is 4.44. The van der Waals surface area contributed by atoms with Gasteiger partial charge < -0.3 is 15.8 Å². The van der Waals surface area contributed by atoms with Gasteiger partial charge in [-0.3, -0.25) is 0 Å². The summed E-state index contributed by atoms with van der Waals surface area (Å²) in [6, 6.07) is 0. The Labute approximate surface area is 128 Å². The summed E-state index contributed by atoms with van der Waals surface area (Å²) in [4.78, 5) is 11.8. The van der Waals surface area contributed by atoms with E-state index in [2.05, 4.69) is 25.2 Å². The average molecular weight is 294 g/mol. The van der Waals surface area contributed by atoms with Gasteiger partial charge in [0.1, 0.15) is 5.60 Å². The zero-order valence-corrected chi connectivity index (χ0v) is 14.0. The monoisotopic (exact) mass is 294 g/mol. The third kappa shape index (κ3) is 3.42. The first-order valence-electron chi connectivity index (χ1n) is 8.02. The van der Waals surface area contributed by atoms with Crippen molar-refractivity contribution in [1.29, 1.82) is 0 Å². The van der Waals surface area contributed by atoms with Gasteiger partial charge in [-0.15, -0.1) is 0 Å². The Morgan fingerprint density at radius 3 is 2.67 bits per heavy atom. The van der Waals surface area contributed by atoms with E-state index in [1.54, 1.807) is 0 Å². The second-order valence-corrected chi connectivity index (χ2v) is 8.06. The molecule has 1 saturated carbocycles. The SMILES string of the molecule is CC(C)(C)OC(=O)NCC(CN)C1=CCC2CC1C2(C)C. The molecule has 4 nitrogen and oxygen atoms in total. The molecular formula is C17H30N2O2. The summed E-state index contributed by atoms with van der Waals surface area (Å²) in [5.74, 6) is 1.68. The molecule has 120 valence electrons. The molecule has 0 aromatic rings. The number of carbonyl (C=O) groups is 1. The van der Waals surface area contributed by atoms with Gasteiger partial charge in [-0.05, 0) is 50.9 Å². The van der Waals surface area contributed by atoms with Crippen LogP contribution in [-0.4, -0.2) is 24.8 Å². The van der Waals surface area contributed by atoms with Crippen molar-refractivity contribution in [3.63, 3.8) is 0 Å². The van der Waals surface area contributed by atoms with Crippen LogP contribution in [0.15, 0.2) is 11.6 Å². The van der Waals surface area contributed by atoms with Crippen LogP contribution in [0, 0.1) is 23.2 Å². The number of rotatable bonds is 4. The number of hydrogen-bond acceptors (Lipinski definition) is 3. The summed E-state index contributed by atoms with van der Waals surface area (Å²) in [7, 11) is 0. The van der Waals surface area contributed by atoms with Crippen LogP contribution in [0.1, 0.15) is 47.5 Å². The van der Waals surface area contributed by atoms with Gasteiger partial charge in [0.15, 0.2) is 0 Å². The zero-order valence-electron chi connectivity index (χ0n) is 14.0. The quantitative estimate of drug-likeness (QED) is 0.783. The molecule has 0 saturated heterocycles. The average Bonchev–Trinajstić information content (AvgIpc) is 2.37. The first kappa shape index (κ1) is 16.3. The Morgan fingerprint density at radius 1 is 1.52 bits per heavy atom. The molecule has 1 amide bonds. The van der Waals surface area contributed by atoms with E-state index in [1.807, 2.05) is 20.8 Å². The highest BCUT2D eigenvalue weighted by molar-refractivity contribution is 5.67. The molecule has 4 heteroatoms. The third-order valence-electron chi connectivity index (χ3n) is 5.16. The zero-order chi connectivity index (χ0) is 15.8. The van der Waals surface area contributed by atoms with E-state index >= 15 is 0 Å². The number of fused-ring (bicyclic) bond motifs is 1. The van der Waals surface area contributed by atoms with Crippen molar-refractivity contribution in [3.05, 3.63) is 11.6 Å². The van der Waals surface area contributed by atoms with E-state index in [0.29, 0.717) is 24.4 Å². The Hall–Kier alpha value is -1.03. The highest BCUT2D eigenvalue weighted by Gasteiger charge is 2.52. The maximum absolute atomic E-state index is 11.8. The van der Waals surface area contributed by atoms with Crippen LogP contribution in [0.3, 0.4) is 0 Å². The molecular weight excluding hydrogens is 264 g/mol. The van der Waals surface area contributed by atoms with Crippen molar-refractivity contribution in [2.75, 3.05) is 13.1 Å². The van der Waals surface area contributed by atoms with Crippen molar-refractivity contribution < 1.29 is 9.53 Å². The molecule has 1 fully saturated rings. The van der Waals surface area contributed by atoms with Crippen molar-refractivity contribution in [3.8, 4) is 0 Å². The number of alkyl carbamates (subject to hydrolysis) is 1. The molecule has 0 spiro atoms. The Morgan fingerprint density at radius 2 is 2.19 bits per heavy atom. The van der Waals surface area contributed by atoms with E-state index in [0.717, 1.165) is 12.3 Å². The van der Waals surface area contributed by atoms with Gasteiger partial charge >= 0.3 is 6.09 Å². The van der Waals surface area contributed by atoms with Crippen molar-refractivity contribution in [2.45, 2.75) is 53.1 Å². The molecule has 0 aromatic carbocycles. The fourth-order valence-electron chi connectivity index (χ4n) is 3.71. The summed E-state index contributed by atoms with van der Waals surface area (Å²) in [5.41, 5.74) is 7.33. The van der Waals surface area contributed by atoms with Crippen LogP contribution in [0.5, 0.6) is 0 Å². The fraction of sp³-hybridized carbons (Fsp3) is 0.824. The van der Waals surface area contributed by atoms with E-state index in [-0.39, 0.29) is 12.0 Å². The molecule has 21 heavy (non-hydrogen) atoms. The van der Waals surface area contributed by atoms with E-state index < -0.39 is 5.60 Å². The molecule has 3 unspecified atom stereocenters. The summed E-state index contributed by atoms with van der Waals surface area (Å²) in [6.45, 7) is 11.4. The Kier molecular flexibility index (Phi) is 4.39. The van der Waals surface area contributed by atoms with Gasteiger partial charge in [0.2, 0.25) is 0 Å². The van der Waals surface area contributed by atoms with Gasteiger partial charge in [-0.25, -0.2) is 4.79 Å². The molecule has 3 N–H and O–H groups in total. The number of ether oxygens (including phenoxy) is 1. The van der Waals surface area contributed by atoms with Crippen LogP contribution in [0.4, 0.5) is 4.79 Å². The number of nitrogens with one attached hydrogen (secondary N) is 1. The molecule has 3 aliphatic carbocycles. The molecule has 0 radical (unpaired) electrons. The molecule has 2 bridgehead atoms. The van der Waals surface area contributed by atoms with Crippen molar-refractivity contribution in [2.24, 2.45) is 28.9 Å². The molecule has 0 heterocycles. The first-order valence-corrected chi connectivity index (χ1v) is 8.02. The van der Waals surface area contributed by atoms with E-state index in [1.165, 1.54) is 12.0 Å². The molecule has 0 aliphatic heterocycles. The van der Waals surface area contributed by atoms with Crippen LogP contribution in [-0.2, 0) is 4.74 Å². The minimum atomic E-state index is -0.463. The minimum absolute atomic E-state index is 0.225. The second-order valence-electron chi connectivity index (χ2n) is 8.06. The smallest absolute Gasteiger partial charge is 0.407 e. The Bertz CT molecular complexity index is 435. The molecule has 3 rings (SSSR count). The number of amides is 1. The van der Waals surface area contributed by atoms with Crippen LogP contribution < -0.4 is 11.1 Å². The Balaban J connectivity index is 1.92. The molecule has 0 aromatic heterocycles. The van der Waals surface area contributed by atoms with Crippen LogP contribution >= 0.6 is 0 Å². The normalized spacial score (nSPS) is 28.2. The molecule has 3 atom stereocenters. The van der Waals surface area contributed by atoms with E-state index in [4.69, 9.17) is 10.5 Å². The predicted octanol–water partition coefficient (Wildman–Crippen LogP) is 3.08. The number of nitrogens with two attached hydrogens (primary N) is 1. The lowest BCUT2D eigenvalue weighted by Gasteiger charge is -2.57. The lowest BCUT2D eigenvalue weighted by atomic mass is 9.47. The van der Waals surface area contributed by atoms with Crippen molar-refractivity contribution >= 4 is 6.09 Å². The largest absolute Gasteiger partial charge is 0.444 e. The highest BCUT2D eigenvalue weighted by Crippen LogP contribution is 2.60. The summed E-state index contributed by atoms with van der Waals surface area (Å²) >= 11 is 0. The lowest BCUT2D eigenvalue weighted by molar-refractivity contribution is -0.0128. The summed E-state index contributed by atoms with van der Waals surface area (Å²) in [5, 5.41) is 2.87. The van der Waals surface area contributed by atoms with Crippen LogP contribution in [0.2, 0.25) is 0 Å². The van der Waals surface area contributed by atoms with Gasteiger partial charge in [0.05, 0.1) is 0 Å². The van der Waals surface area contributed by atoms with Crippen LogP contribution in [0.25, 0.3) is 0 Å². The summed E-state index contributed by atoms with van der Waals surface area (Å²) < 4.78 is 5.29. The standard InChI is InChI=1S/C17H30N2O2/c1-16(2,3)21-15(20)19-10-11(9-18)13-7-6-12-8-14(13)17(12,4)5/h7,11-12,14H,6,8-10,18H2,1-5H3,(H,19,20). The fourth-order valence-corrected chi connectivity index (χ4v) is 3.71. The van der Waals surface area contributed by atoms with Crippen molar-refractivity contribution in [1.82, 2.24) is 5.32 Å². The maximum atomic E-state index is 11.8. The van der Waals surface area contributed by atoms with E-state index in [9.17, 15) is 4.79 Å². The first-order chi connectivity index (χ1) is 9.65. The van der Waals surface area contributed by atoms with Gasteiger partial charge in [0, 0.05) is 19.0 Å². The molecule has 3 aliphatic rings. The third-order valence-corrected chi connectivity index (χ3v) is 5.16. The predicted molar refractivity (Wildman–Crippen MR) is 84.9 cm³/mol. The van der Waals surface area contributed by atoms with Gasteiger partial charge in [0.25, 0.3) is 0 Å². The number of hydrogen-bond donors (Lipinski definition) is 2. The minimum Gasteiger partial charge on any atom is -0.444 e. The lowest BCUT2D eigenvalue weighted by Crippen LogP contribution is -2.51. The van der Waals surface area contributed by atoms with Gasteiger partial charge in [-0.2, -0.15) is 0 Å². The maximum Gasteiger partial charge on any atom is 0.407 e. The highest BCUT2D eigenvalue weighted by atomic mass is 16.6. The topological polar surface area (TPSA) is 64.3 Å².